The van der Waals surface area contributed by atoms with Gasteiger partial charge < -0.3 is 30.9 Å². The van der Waals surface area contributed by atoms with E-state index in [4.69, 9.17) is 15.2 Å². The summed E-state index contributed by atoms with van der Waals surface area (Å²) >= 11 is 0. The quantitative estimate of drug-likeness (QED) is 0.227. The molecule has 40 heavy (non-hydrogen) atoms. The van der Waals surface area contributed by atoms with Gasteiger partial charge in [-0.2, -0.15) is 4.98 Å². The third-order valence-electron chi connectivity index (χ3n) is 7.06. The van der Waals surface area contributed by atoms with Crippen molar-refractivity contribution < 1.29 is 24.2 Å². The Labute approximate surface area is 230 Å². The number of aromatic nitrogens is 3. The minimum atomic E-state index is -1.04. The van der Waals surface area contributed by atoms with Gasteiger partial charge in [-0.25, -0.2) is 9.78 Å². The van der Waals surface area contributed by atoms with Crippen LogP contribution in [0.2, 0.25) is 0 Å². The number of pyridine rings is 1. The fourth-order valence-corrected chi connectivity index (χ4v) is 5.06. The Hall–Kier alpha value is -4.93. The molecule has 11 nitrogen and oxygen atoms in total. The molecule has 206 valence electrons. The van der Waals surface area contributed by atoms with Crippen molar-refractivity contribution in [2.75, 3.05) is 24.9 Å². The lowest BCUT2D eigenvalue weighted by Crippen LogP contribution is -2.24. The van der Waals surface area contributed by atoms with Gasteiger partial charge in [0.05, 0.1) is 53.5 Å². The van der Waals surface area contributed by atoms with Crippen molar-refractivity contribution in [2.24, 2.45) is 5.73 Å². The van der Waals surface area contributed by atoms with Crippen LogP contribution >= 0.6 is 0 Å². The number of aromatic carboxylic acids is 1. The topological polar surface area (TPSA) is 162 Å². The number of anilines is 3. The van der Waals surface area contributed by atoms with Crippen molar-refractivity contribution in [3.63, 3.8) is 0 Å². The smallest absolute Gasteiger partial charge is 0.337 e. The Morgan fingerprint density at radius 1 is 0.975 bits per heavy atom. The molecule has 1 fully saturated rings. The number of carbonyl (C=O) groups excluding carboxylic acids is 1. The number of primary amides is 1. The molecule has 5 N–H and O–H groups in total. The number of fused-ring (bicyclic) bond motifs is 1. The summed E-state index contributed by atoms with van der Waals surface area (Å²) in [5.41, 5.74) is 9.42. The molecule has 0 bridgehead atoms. The highest BCUT2D eigenvalue weighted by Gasteiger charge is 2.22. The third-order valence-corrected chi connectivity index (χ3v) is 7.06. The molecule has 1 amide bonds. The maximum Gasteiger partial charge on any atom is 0.337 e. The molecule has 1 aliphatic carbocycles. The highest BCUT2D eigenvalue weighted by atomic mass is 16.5. The lowest BCUT2D eigenvalue weighted by molar-refractivity contribution is 0.0697. The predicted molar refractivity (Wildman–Crippen MR) is 152 cm³/mol. The Kier molecular flexibility index (Phi) is 7.63. The summed E-state index contributed by atoms with van der Waals surface area (Å²) in [6, 6.07) is 10.8. The lowest BCUT2D eigenvalue weighted by atomic mass is 9.95. The summed E-state index contributed by atoms with van der Waals surface area (Å²) in [7, 11) is 2.98. The van der Waals surface area contributed by atoms with Gasteiger partial charge in [-0.1, -0.05) is 37.5 Å². The number of hydrogen-bond acceptors (Lipinski definition) is 9. The first-order chi connectivity index (χ1) is 19.4. The van der Waals surface area contributed by atoms with E-state index in [1.54, 1.807) is 24.4 Å². The molecule has 2 heterocycles. The average molecular weight is 543 g/mol. The Morgan fingerprint density at radius 3 is 2.48 bits per heavy atom. The molecule has 4 aromatic rings. The molecular formula is C29H30N6O5. The second-order valence-electron chi connectivity index (χ2n) is 9.56. The van der Waals surface area contributed by atoms with Gasteiger partial charge in [0, 0.05) is 23.8 Å². The van der Waals surface area contributed by atoms with Crippen molar-refractivity contribution in [3.05, 3.63) is 59.9 Å². The highest BCUT2D eigenvalue weighted by Crippen LogP contribution is 2.37. The van der Waals surface area contributed by atoms with Gasteiger partial charge in [-0.15, -0.1) is 0 Å². The molecule has 0 spiro atoms. The summed E-state index contributed by atoms with van der Waals surface area (Å²) < 4.78 is 10.5. The van der Waals surface area contributed by atoms with E-state index in [0.717, 1.165) is 31.2 Å². The SMILES string of the molecule is COc1ncc(-c2ccc3c(Nc4cccc(C(=O)O)c4NC4CCCCC4)c(C(N)=O)cnc3c2)c(OC)n1. The summed E-state index contributed by atoms with van der Waals surface area (Å²) in [5.74, 6) is -1.37. The molecule has 0 radical (unpaired) electrons. The lowest BCUT2D eigenvalue weighted by Gasteiger charge is -2.26. The van der Waals surface area contributed by atoms with Crippen molar-refractivity contribution in [1.82, 2.24) is 15.0 Å². The normalized spacial score (nSPS) is 13.6. The number of ether oxygens (including phenoxy) is 2. The summed E-state index contributed by atoms with van der Waals surface area (Å²) in [6.45, 7) is 0. The average Bonchev–Trinajstić information content (AvgIpc) is 2.97. The number of methoxy groups -OCH3 is 2. The largest absolute Gasteiger partial charge is 0.480 e. The minimum Gasteiger partial charge on any atom is -0.480 e. The van der Waals surface area contributed by atoms with Crippen LogP contribution in [0.5, 0.6) is 11.9 Å². The Balaban J connectivity index is 1.60. The molecule has 5 rings (SSSR count). The fourth-order valence-electron chi connectivity index (χ4n) is 5.06. The predicted octanol–water partition coefficient (Wildman–Crippen LogP) is 4.99. The van der Waals surface area contributed by atoms with Crippen LogP contribution in [0.15, 0.2) is 48.8 Å². The van der Waals surface area contributed by atoms with Gasteiger partial charge in [0.1, 0.15) is 0 Å². The highest BCUT2D eigenvalue weighted by molar-refractivity contribution is 6.09. The number of nitrogens with two attached hydrogens (primary N) is 1. The molecule has 0 aliphatic heterocycles. The van der Waals surface area contributed by atoms with Gasteiger partial charge in [0.25, 0.3) is 5.91 Å². The molecule has 0 unspecified atom stereocenters. The molecule has 1 saturated carbocycles. The van der Waals surface area contributed by atoms with Gasteiger partial charge in [-0.05, 0) is 36.6 Å². The zero-order valence-corrected chi connectivity index (χ0v) is 22.2. The van der Waals surface area contributed by atoms with E-state index in [-0.39, 0.29) is 23.2 Å². The van der Waals surface area contributed by atoms with E-state index in [2.05, 4.69) is 25.6 Å². The molecular weight excluding hydrogens is 512 g/mol. The van der Waals surface area contributed by atoms with Crippen LogP contribution in [0, 0.1) is 0 Å². The number of nitrogens with one attached hydrogen (secondary N) is 2. The maximum atomic E-state index is 12.5. The Morgan fingerprint density at radius 2 is 1.77 bits per heavy atom. The maximum absolute atomic E-state index is 12.5. The van der Waals surface area contributed by atoms with Crippen molar-refractivity contribution in [1.29, 1.82) is 0 Å². The second kappa shape index (κ2) is 11.4. The van der Waals surface area contributed by atoms with Crippen molar-refractivity contribution in [3.8, 4) is 23.0 Å². The fraction of sp³-hybridized carbons (Fsp3) is 0.276. The van der Waals surface area contributed by atoms with Crippen LogP contribution < -0.4 is 25.8 Å². The number of nitrogens with zero attached hydrogens (tertiary/aromatic N) is 3. The Bertz CT molecular complexity index is 1590. The standard InChI is InChI=1S/C29H30N6O5/c1-39-27-20(14-32-29(35-27)40-2)16-11-12-18-23(13-16)31-15-21(26(30)36)24(18)34-22-10-6-9-19(28(37)38)25(22)33-17-7-4-3-5-8-17/h6,9-15,17,33H,3-5,7-8H2,1-2H3,(H2,30,36)(H,31,34)(H,37,38). The monoisotopic (exact) mass is 542 g/mol. The van der Waals surface area contributed by atoms with Crippen molar-refractivity contribution in [2.45, 2.75) is 38.1 Å². The molecule has 0 atom stereocenters. The number of amides is 1. The first-order valence-corrected chi connectivity index (χ1v) is 13.0. The molecule has 11 heteroatoms. The number of carboxylic acids is 1. The van der Waals surface area contributed by atoms with Gasteiger partial charge in [0.15, 0.2) is 0 Å². The van der Waals surface area contributed by atoms with Gasteiger partial charge >= 0.3 is 12.0 Å². The van der Waals surface area contributed by atoms with Gasteiger partial charge in [-0.3, -0.25) is 9.78 Å². The molecule has 0 saturated heterocycles. The van der Waals surface area contributed by atoms with E-state index in [9.17, 15) is 14.7 Å². The zero-order chi connectivity index (χ0) is 28.2. The first kappa shape index (κ1) is 26.7. The van der Waals surface area contributed by atoms with Gasteiger partial charge in [0.2, 0.25) is 5.88 Å². The molecule has 2 aromatic heterocycles. The summed E-state index contributed by atoms with van der Waals surface area (Å²) in [6.07, 6.45) is 8.27. The van der Waals surface area contributed by atoms with E-state index in [1.807, 2.05) is 18.2 Å². The van der Waals surface area contributed by atoms with Crippen LogP contribution in [-0.4, -0.2) is 52.2 Å². The minimum absolute atomic E-state index is 0.142. The summed E-state index contributed by atoms with van der Waals surface area (Å²) in [4.78, 5) is 37.5. The third kappa shape index (κ3) is 5.31. The number of para-hydroxylation sites is 1. The van der Waals surface area contributed by atoms with Crippen LogP contribution in [-0.2, 0) is 0 Å². The number of benzene rings is 2. The van der Waals surface area contributed by atoms with Crippen molar-refractivity contribution >= 4 is 39.8 Å². The molecule has 2 aromatic carbocycles. The zero-order valence-electron chi connectivity index (χ0n) is 22.2. The number of carbonyl (C=O) groups is 2. The van der Waals surface area contributed by atoms with Crippen LogP contribution in [0.25, 0.3) is 22.0 Å². The van der Waals surface area contributed by atoms with E-state index in [1.165, 1.54) is 26.8 Å². The molecule has 1 aliphatic rings. The number of carboxylic acid groups (broad SMARTS) is 1. The van der Waals surface area contributed by atoms with Crippen LogP contribution in [0.4, 0.5) is 17.1 Å². The number of hydrogen-bond donors (Lipinski definition) is 4. The first-order valence-electron chi connectivity index (χ1n) is 13.0. The van der Waals surface area contributed by atoms with Crippen LogP contribution in [0.3, 0.4) is 0 Å². The van der Waals surface area contributed by atoms with E-state index in [0.29, 0.717) is 39.4 Å². The van der Waals surface area contributed by atoms with E-state index < -0.39 is 11.9 Å². The summed E-state index contributed by atoms with van der Waals surface area (Å²) in [5, 5.41) is 17.3. The van der Waals surface area contributed by atoms with E-state index >= 15 is 0 Å². The van der Waals surface area contributed by atoms with Crippen LogP contribution in [0.1, 0.15) is 52.8 Å². The number of rotatable bonds is 9. The second-order valence-corrected chi connectivity index (χ2v) is 9.56.